The fourth-order valence-electron chi connectivity index (χ4n) is 1.11. The molecule has 1 rings (SSSR count). The van der Waals surface area contributed by atoms with E-state index in [0.717, 1.165) is 0 Å². The molecule has 0 radical (unpaired) electrons. The molecule has 11 heavy (non-hydrogen) atoms. The van der Waals surface area contributed by atoms with Crippen molar-refractivity contribution in [2.75, 3.05) is 13.7 Å². The number of hydrogen-bond acceptors (Lipinski definition) is 3. The van der Waals surface area contributed by atoms with Crippen LogP contribution in [0.1, 0.15) is 0 Å². The first kappa shape index (κ1) is 8.70. The van der Waals surface area contributed by atoms with E-state index >= 15 is 0 Å². The van der Waals surface area contributed by atoms with E-state index < -0.39 is 8.48 Å². The Labute approximate surface area is 67.5 Å². The maximum absolute atomic E-state index is 11.1. The van der Waals surface area contributed by atoms with Crippen molar-refractivity contribution in [3.8, 4) is 0 Å². The summed E-state index contributed by atoms with van der Waals surface area (Å²) in [5.41, 5.74) is 0. The summed E-state index contributed by atoms with van der Waals surface area (Å²) in [7, 11) is -0.0573. The van der Waals surface area contributed by atoms with Crippen LogP contribution in [0.2, 0.25) is 13.1 Å². The Morgan fingerprint density at radius 2 is 2.36 bits per heavy atom. The third kappa shape index (κ3) is 2.02. The highest BCUT2D eigenvalue weighted by Gasteiger charge is 2.36. The van der Waals surface area contributed by atoms with Crippen molar-refractivity contribution in [1.82, 2.24) is 10.3 Å². The molecular weight excluding hydrogens is 160 g/mol. The highest BCUT2D eigenvalue weighted by Crippen LogP contribution is 2.09. The van der Waals surface area contributed by atoms with E-state index in [2.05, 4.69) is 10.3 Å². The molecule has 1 amide bonds. The summed E-state index contributed by atoms with van der Waals surface area (Å²) in [6.07, 6.45) is 0. The maximum atomic E-state index is 11.1. The number of carbonyl (C=O) groups is 1. The fourth-order valence-corrected chi connectivity index (χ4v) is 2.83. The predicted octanol–water partition coefficient (Wildman–Crippen LogP) is -0.577. The minimum atomic E-state index is -1.69. The molecule has 1 unspecified atom stereocenters. The molecule has 0 aromatic carbocycles. The van der Waals surface area contributed by atoms with E-state index in [4.69, 9.17) is 4.43 Å². The summed E-state index contributed by atoms with van der Waals surface area (Å²) in [6, 6.07) is -0.137. The van der Waals surface area contributed by atoms with Crippen molar-refractivity contribution in [2.24, 2.45) is 0 Å². The highest BCUT2D eigenvalue weighted by molar-refractivity contribution is 6.69. The molecule has 0 aromatic heterocycles. The van der Waals surface area contributed by atoms with Crippen LogP contribution in [-0.4, -0.2) is 34.1 Å². The lowest BCUT2D eigenvalue weighted by molar-refractivity contribution is -0.122. The zero-order chi connectivity index (χ0) is 8.48. The standard InChI is InChI=1S/C6H14N2O2Si/c1-7-6(9)5-4-10-11(2,3)8-5/h5,8H,4H2,1-3H3,(H,7,9). The molecule has 1 heterocycles. The summed E-state index contributed by atoms with van der Waals surface area (Å²) in [5.74, 6) is 0.0167. The third-order valence-electron chi connectivity index (χ3n) is 1.70. The largest absolute Gasteiger partial charge is 0.401 e. The van der Waals surface area contributed by atoms with Gasteiger partial charge in [-0.1, -0.05) is 0 Å². The fraction of sp³-hybridized carbons (Fsp3) is 0.833. The number of rotatable bonds is 1. The van der Waals surface area contributed by atoms with Crippen molar-refractivity contribution in [1.29, 1.82) is 0 Å². The van der Waals surface area contributed by atoms with Crippen LogP contribution in [0, 0.1) is 0 Å². The Balaban J connectivity index is 2.48. The lowest BCUT2D eigenvalue weighted by atomic mass is 10.3. The number of carbonyl (C=O) groups excluding carboxylic acids is 1. The molecule has 0 spiro atoms. The lowest BCUT2D eigenvalue weighted by Gasteiger charge is -2.13. The topological polar surface area (TPSA) is 50.4 Å². The van der Waals surface area contributed by atoms with Crippen molar-refractivity contribution in [3.05, 3.63) is 0 Å². The zero-order valence-corrected chi connectivity index (χ0v) is 8.10. The maximum Gasteiger partial charge on any atom is 0.263 e. The van der Waals surface area contributed by atoms with Crippen LogP contribution < -0.4 is 10.3 Å². The van der Waals surface area contributed by atoms with E-state index in [1.165, 1.54) is 0 Å². The van der Waals surface area contributed by atoms with Gasteiger partial charge in [-0.15, -0.1) is 0 Å². The zero-order valence-electron chi connectivity index (χ0n) is 7.10. The summed E-state index contributed by atoms with van der Waals surface area (Å²) in [4.78, 5) is 14.3. The molecule has 1 aliphatic rings. The van der Waals surface area contributed by atoms with Gasteiger partial charge in [0.15, 0.2) is 0 Å². The van der Waals surface area contributed by atoms with Crippen molar-refractivity contribution in [2.45, 2.75) is 19.1 Å². The van der Waals surface area contributed by atoms with Crippen molar-refractivity contribution < 1.29 is 9.22 Å². The van der Waals surface area contributed by atoms with Gasteiger partial charge in [0.05, 0.1) is 6.61 Å². The predicted molar refractivity (Wildman–Crippen MR) is 44.4 cm³/mol. The van der Waals surface area contributed by atoms with Gasteiger partial charge in [0.2, 0.25) is 5.91 Å². The number of hydrogen-bond donors (Lipinski definition) is 2. The van der Waals surface area contributed by atoms with E-state index in [1.807, 2.05) is 13.1 Å². The van der Waals surface area contributed by atoms with Crippen LogP contribution in [-0.2, 0) is 9.22 Å². The van der Waals surface area contributed by atoms with Crippen LogP contribution in [0.5, 0.6) is 0 Å². The lowest BCUT2D eigenvalue weighted by Crippen LogP contribution is -2.49. The Morgan fingerprint density at radius 1 is 1.73 bits per heavy atom. The average Bonchev–Trinajstić information content (AvgIpc) is 2.29. The second-order valence-electron chi connectivity index (χ2n) is 3.13. The van der Waals surface area contributed by atoms with Crippen molar-refractivity contribution >= 4 is 14.4 Å². The van der Waals surface area contributed by atoms with Gasteiger partial charge in [-0.2, -0.15) is 0 Å². The molecule has 0 bridgehead atoms. The second-order valence-corrected chi connectivity index (χ2v) is 6.73. The van der Waals surface area contributed by atoms with E-state index in [0.29, 0.717) is 6.61 Å². The molecule has 1 atom stereocenters. The molecule has 5 heteroatoms. The SMILES string of the molecule is CNC(=O)C1CO[Si](C)(C)N1. The molecule has 0 aromatic rings. The first-order valence-electron chi connectivity index (χ1n) is 3.68. The number of nitrogens with one attached hydrogen (secondary N) is 2. The molecule has 1 fully saturated rings. The molecule has 0 aliphatic carbocycles. The first-order valence-corrected chi connectivity index (χ1v) is 6.59. The molecule has 0 saturated carbocycles. The molecule has 64 valence electrons. The number of amides is 1. The Morgan fingerprint density at radius 3 is 2.73 bits per heavy atom. The smallest absolute Gasteiger partial charge is 0.263 e. The molecular formula is C6H14N2O2Si. The molecule has 2 N–H and O–H groups in total. The summed E-state index contributed by atoms with van der Waals surface area (Å²) >= 11 is 0. The summed E-state index contributed by atoms with van der Waals surface area (Å²) in [6.45, 7) is 4.59. The third-order valence-corrected chi connectivity index (χ3v) is 3.63. The highest BCUT2D eigenvalue weighted by atomic mass is 28.4. The summed E-state index contributed by atoms with van der Waals surface area (Å²) < 4.78 is 5.44. The normalized spacial score (nSPS) is 28.5. The Kier molecular flexibility index (Phi) is 2.31. The Bertz CT molecular complexity index is 172. The van der Waals surface area contributed by atoms with Gasteiger partial charge in [0.1, 0.15) is 6.04 Å². The van der Waals surface area contributed by atoms with Gasteiger partial charge < -0.3 is 14.7 Å². The minimum Gasteiger partial charge on any atom is -0.401 e. The quantitative estimate of drug-likeness (QED) is 0.523. The van der Waals surface area contributed by atoms with Gasteiger partial charge in [0.25, 0.3) is 8.48 Å². The van der Waals surface area contributed by atoms with E-state index in [1.54, 1.807) is 7.05 Å². The summed E-state index contributed by atoms with van der Waals surface area (Å²) in [5, 5.41) is 2.59. The van der Waals surface area contributed by atoms with E-state index in [-0.39, 0.29) is 11.9 Å². The van der Waals surface area contributed by atoms with E-state index in [9.17, 15) is 4.79 Å². The first-order chi connectivity index (χ1) is 5.05. The van der Waals surface area contributed by atoms with Gasteiger partial charge >= 0.3 is 0 Å². The second kappa shape index (κ2) is 2.92. The van der Waals surface area contributed by atoms with Crippen LogP contribution in [0.3, 0.4) is 0 Å². The van der Waals surface area contributed by atoms with Crippen molar-refractivity contribution in [3.63, 3.8) is 0 Å². The van der Waals surface area contributed by atoms with Gasteiger partial charge in [-0.3, -0.25) is 4.79 Å². The molecule has 4 nitrogen and oxygen atoms in total. The molecule has 1 aliphatic heterocycles. The van der Waals surface area contributed by atoms with Crippen LogP contribution in [0.15, 0.2) is 0 Å². The average molecular weight is 174 g/mol. The Hall–Kier alpha value is -0.393. The number of likely N-dealkylation sites (N-methyl/N-ethyl adjacent to an activating group) is 1. The van der Waals surface area contributed by atoms with Gasteiger partial charge in [0, 0.05) is 7.05 Å². The van der Waals surface area contributed by atoms with Gasteiger partial charge in [-0.25, -0.2) is 0 Å². The van der Waals surface area contributed by atoms with Crippen LogP contribution >= 0.6 is 0 Å². The van der Waals surface area contributed by atoms with Crippen LogP contribution in [0.25, 0.3) is 0 Å². The van der Waals surface area contributed by atoms with Crippen LogP contribution in [0.4, 0.5) is 0 Å². The molecule has 1 saturated heterocycles. The minimum absolute atomic E-state index is 0.0167. The van der Waals surface area contributed by atoms with Gasteiger partial charge in [-0.05, 0) is 13.1 Å². The monoisotopic (exact) mass is 174 g/mol.